The van der Waals surface area contributed by atoms with Crippen LogP contribution < -0.4 is 5.73 Å². The SMILES string of the molecule is CCN(CC1CC1)C(CN)c1cc(Br)c(Cl)s1. The molecule has 17 heavy (non-hydrogen) atoms. The van der Waals surface area contributed by atoms with Gasteiger partial charge in [-0.15, -0.1) is 11.3 Å². The molecule has 1 atom stereocenters. The van der Waals surface area contributed by atoms with Crippen molar-refractivity contribution in [1.29, 1.82) is 0 Å². The van der Waals surface area contributed by atoms with Gasteiger partial charge < -0.3 is 5.73 Å². The molecular weight excluding hydrogens is 320 g/mol. The van der Waals surface area contributed by atoms with E-state index >= 15 is 0 Å². The summed E-state index contributed by atoms with van der Waals surface area (Å²) in [5, 5.41) is 0. The van der Waals surface area contributed by atoms with Gasteiger partial charge in [0.05, 0.1) is 6.04 Å². The molecule has 1 saturated carbocycles. The van der Waals surface area contributed by atoms with E-state index < -0.39 is 0 Å². The first-order valence-electron chi connectivity index (χ1n) is 6.04. The van der Waals surface area contributed by atoms with Crippen molar-refractivity contribution >= 4 is 38.9 Å². The van der Waals surface area contributed by atoms with Gasteiger partial charge in [0.1, 0.15) is 4.34 Å². The summed E-state index contributed by atoms with van der Waals surface area (Å²) < 4.78 is 1.81. The van der Waals surface area contributed by atoms with Crippen LogP contribution in [0.2, 0.25) is 4.34 Å². The van der Waals surface area contributed by atoms with Gasteiger partial charge in [0.25, 0.3) is 0 Å². The third-order valence-corrected chi connectivity index (χ3v) is 5.83. The molecule has 1 aromatic rings. The summed E-state index contributed by atoms with van der Waals surface area (Å²) in [7, 11) is 0. The van der Waals surface area contributed by atoms with E-state index in [4.69, 9.17) is 17.3 Å². The lowest BCUT2D eigenvalue weighted by Gasteiger charge is -2.29. The van der Waals surface area contributed by atoms with Crippen LogP contribution >= 0.6 is 38.9 Å². The third-order valence-electron chi connectivity index (χ3n) is 3.25. The molecule has 0 radical (unpaired) electrons. The Morgan fingerprint density at radius 1 is 1.65 bits per heavy atom. The lowest BCUT2D eigenvalue weighted by molar-refractivity contribution is 0.206. The van der Waals surface area contributed by atoms with Gasteiger partial charge >= 0.3 is 0 Å². The summed E-state index contributed by atoms with van der Waals surface area (Å²) in [5.41, 5.74) is 5.94. The van der Waals surface area contributed by atoms with E-state index in [1.807, 2.05) is 0 Å². The zero-order valence-corrected chi connectivity index (χ0v) is 13.1. The van der Waals surface area contributed by atoms with Crippen molar-refractivity contribution in [1.82, 2.24) is 4.90 Å². The van der Waals surface area contributed by atoms with E-state index in [9.17, 15) is 0 Å². The molecule has 0 aliphatic heterocycles. The third kappa shape index (κ3) is 3.44. The van der Waals surface area contributed by atoms with Gasteiger partial charge in [0.2, 0.25) is 0 Å². The molecule has 0 aromatic carbocycles. The first kappa shape index (κ1) is 13.8. The molecule has 1 unspecified atom stereocenters. The maximum Gasteiger partial charge on any atom is 0.107 e. The summed E-state index contributed by atoms with van der Waals surface area (Å²) in [6.45, 7) is 5.08. The number of thiophene rings is 1. The van der Waals surface area contributed by atoms with Crippen LogP contribution in [0.4, 0.5) is 0 Å². The van der Waals surface area contributed by atoms with Gasteiger partial charge in [0.15, 0.2) is 0 Å². The van der Waals surface area contributed by atoms with Crippen molar-refractivity contribution in [2.24, 2.45) is 11.7 Å². The van der Waals surface area contributed by atoms with Crippen LogP contribution in [0.25, 0.3) is 0 Å². The quantitative estimate of drug-likeness (QED) is 0.853. The van der Waals surface area contributed by atoms with Crippen LogP contribution in [-0.4, -0.2) is 24.5 Å². The smallest absolute Gasteiger partial charge is 0.107 e. The molecule has 0 spiro atoms. The number of halogens is 2. The topological polar surface area (TPSA) is 29.3 Å². The predicted molar refractivity (Wildman–Crippen MR) is 78.8 cm³/mol. The van der Waals surface area contributed by atoms with Crippen molar-refractivity contribution in [3.8, 4) is 0 Å². The second-order valence-corrected chi connectivity index (χ2v) is 7.09. The average molecular weight is 338 g/mol. The Labute approximate surface area is 120 Å². The maximum atomic E-state index is 6.11. The number of likely N-dealkylation sites (N-methyl/N-ethyl adjacent to an activating group) is 1. The average Bonchev–Trinajstić information content (AvgIpc) is 3.06. The van der Waals surface area contributed by atoms with Crippen LogP contribution in [-0.2, 0) is 0 Å². The maximum absolute atomic E-state index is 6.11. The van der Waals surface area contributed by atoms with Crippen molar-refractivity contribution in [3.63, 3.8) is 0 Å². The van der Waals surface area contributed by atoms with Gasteiger partial charge in [-0.05, 0) is 47.3 Å². The standard InChI is InChI=1S/C12H18BrClN2S/c1-2-16(7-8-3-4-8)10(6-15)11-5-9(13)12(14)17-11/h5,8,10H,2-4,6-7,15H2,1H3. The number of nitrogens with zero attached hydrogens (tertiary/aromatic N) is 1. The molecule has 5 heteroatoms. The second-order valence-electron chi connectivity index (χ2n) is 4.55. The molecule has 0 saturated heterocycles. The fraction of sp³-hybridized carbons (Fsp3) is 0.667. The van der Waals surface area contributed by atoms with Gasteiger partial charge in [-0.1, -0.05) is 18.5 Å². The minimum atomic E-state index is 0.314. The van der Waals surface area contributed by atoms with Crippen molar-refractivity contribution < 1.29 is 0 Å². The highest BCUT2D eigenvalue weighted by Crippen LogP contribution is 2.38. The van der Waals surface area contributed by atoms with Crippen LogP contribution in [0.15, 0.2) is 10.5 Å². The monoisotopic (exact) mass is 336 g/mol. The second kappa shape index (κ2) is 6.02. The Kier molecular flexibility index (Phi) is 4.89. The Bertz CT molecular complexity index is 359. The first-order valence-corrected chi connectivity index (χ1v) is 8.03. The van der Waals surface area contributed by atoms with E-state index in [-0.39, 0.29) is 0 Å². The minimum Gasteiger partial charge on any atom is -0.329 e. The molecule has 96 valence electrons. The van der Waals surface area contributed by atoms with Gasteiger partial charge in [-0.25, -0.2) is 0 Å². The van der Waals surface area contributed by atoms with E-state index in [0.29, 0.717) is 12.6 Å². The number of hydrogen-bond acceptors (Lipinski definition) is 3. The summed E-state index contributed by atoms with van der Waals surface area (Å²) in [6, 6.07) is 2.43. The number of hydrogen-bond donors (Lipinski definition) is 1. The van der Waals surface area contributed by atoms with Gasteiger partial charge in [-0.2, -0.15) is 0 Å². The zero-order valence-electron chi connectivity index (χ0n) is 9.96. The highest BCUT2D eigenvalue weighted by molar-refractivity contribution is 9.10. The number of rotatable bonds is 6. The molecule has 0 bridgehead atoms. The molecule has 0 amide bonds. The molecule has 1 aliphatic rings. The largest absolute Gasteiger partial charge is 0.329 e. The molecule has 1 heterocycles. The highest BCUT2D eigenvalue weighted by atomic mass is 79.9. The normalized spacial score (nSPS) is 17.7. The fourth-order valence-corrected chi connectivity index (χ4v) is 3.97. The Morgan fingerprint density at radius 2 is 2.35 bits per heavy atom. The van der Waals surface area contributed by atoms with E-state index in [1.165, 1.54) is 24.3 Å². The molecule has 2 N–H and O–H groups in total. The summed E-state index contributed by atoms with van der Waals surface area (Å²) in [4.78, 5) is 3.75. The minimum absolute atomic E-state index is 0.314. The summed E-state index contributed by atoms with van der Waals surface area (Å²) >= 11 is 11.2. The molecule has 1 aromatic heterocycles. The Balaban J connectivity index is 2.11. The van der Waals surface area contributed by atoms with E-state index in [2.05, 4.69) is 33.8 Å². The number of nitrogens with two attached hydrogens (primary N) is 1. The Morgan fingerprint density at radius 3 is 2.76 bits per heavy atom. The zero-order chi connectivity index (χ0) is 12.4. The molecule has 2 rings (SSSR count). The molecular formula is C12H18BrClN2S. The Hall–Kier alpha value is 0.390. The van der Waals surface area contributed by atoms with Crippen LogP contribution in [0, 0.1) is 5.92 Å². The fourth-order valence-electron chi connectivity index (χ4n) is 2.08. The predicted octanol–water partition coefficient (Wildman–Crippen LogP) is 3.90. The van der Waals surface area contributed by atoms with Crippen molar-refractivity contribution in [2.45, 2.75) is 25.8 Å². The van der Waals surface area contributed by atoms with E-state index in [0.717, 1.165) is 21.3 Å². The van der Waals surface area contributed by atoms with Crippen LogP contribution in [0.1, 0.15) is 30.7 Å². The summed E-state index contributed by atoms with van der Waals surface area (Å²) in [6.07, 6.45) is 2.76. The molecule has 2 nitrogen and oxygen atoms in total. The lowest BCUT2D eigenvalue weighted by Crippen LogP contribution is -2.34. The highest BCUT2D eigenvalue weighted by Gasteiger charge is 2.28. The molecule has 1 aliphatic carbocycles. The lowest BCUT2D eigenvalue weighted by atomic mass is 10.2. The summed E-state index contributed by atoms with van der Waals surface area (Å²) in [5.74, 6) is 0.892. The first-order chi connectivity index (χ1) is 8.15. The van der Waals surface area contributed by atoms with Gasteiger partial charge in [0, 0.05) is 22.4 Å². The van der Waals surface area contributed by atoms with Crippen molar-refractivity contribution in [2.75, 3.05) is 19.6 Å². The van der Waals surface area contributed by atoms with Crippen LogP contribution in [0.5, 0.6) is 0 Å². The van der Waals surface area contributed by atoms with Crippen LogP contribution in [0.3, 0.4) is 0 Å². The van der Waals surface area contributed by atoms with E-state index in [1.54, 1.807) is 11.3 Å². The molecule has 1 fully saturated rings. The van der Waals surface area contributed by atoms with Gasteiger partial charge in [-0.3, -0.25) is 4.90 Å². The van der Waals surface area contributed by atoms with Crippen molar-refractivity contribution in [3.05, 3.63) is 19.8 Å².